The lowest BCUT2D eigenvalue weighted by atomic mass is 10.1. The molecule has 0 aromatic heterocycles. The summed E-state index contributed by atoms with van der Waals surface area (Å²) in [4.78, 5) is 13.6. The Balaban J connectivity index is 1.72. The van der Waals surface area contributed by atoms with Crippen LogP contribution in [0.2, 0.25) is 5.02 Å². The van der Waals surface area contributed by atoms with Gasteiger partial charge < -0.3 is 10.1 Å². The van der Waals surface area contributed by atoms with Crippen LogP contribution in [0.3, 0.4) is 0 Å². The maximum absolute atomic E-state index is 13.9. The van der Waals surface area contributed by atoms with Gasteiger partial charge in [-0.3, -0.25) is 9.10 Å². The monoisotopic (exact) mass is 548 g/mol. The molecule has 0 unspecified atom stereocenters. The molecule has 8 heteroatoms. The van der Waals surface area contributed by atoms with E-state index in [9.17, 15) is 13.2 Å². The van der Waals surface area contributed by atoms with Crippen molar-refractivity contribution >= 4 is 38.9 Å². The minimum absolute atomic E-state index is 0.0128. The number of rotatable bonds is 9. The quantitative estimate of drug-likeness (QED) is 0.242. The van der Waals surface area contributed by atoms with E-state index < -0.39 is 15.9 Å². The van der Waals surface area contributed by atoms with Gasteiger partial charge in [-0.25, -0.2) is 8.42 Å². The minimum atomic E-state index is -4.02. The first-order valence-corrected chi connectivity index (χ1v) is 14.0. The summed E-state index contributed by atoms with van der Waals surface area (Å²) in [7, 11) is -4.02. The average molecular weight is 549 g/mol. The van der Waals surface area contributed by atoms with Gasteiger partial charge in [0.2, 0.25) is 0 Å². The van der Waals surface area contributed by atoms with E-state index in [2.05, 4.69) is 5.32 Å². The Kier molecular flexibility index (Phi) is 8.39. The molecule has 0 saturated heterocycles. The van der Waals surface area contributed by atoms with E-state index >= 15 is 0 Å². The zero-order valence-electron chi connectivity index (χ0n) is 21.4. The number of hydrogen-bond acceptors (Lipinski definition) is 4. The number of benzene rings is 4. The van der Waals surface area contributed by atoms with E-state index in [-0.39, 0.29) is 28.8 Å². The highest BCUT2D eigenvalue weighted by Gasteiger charge is 2.28. The number of aryl methyl sites for hydroxylation is 1. The molecule has 196 valence electrons. The zero-order chi connectivity index (χ0) is 27.3. The number of nitrogens with zero attached hydrogens (tertiary/aromatic N) is 1. The average Bonchev–Trinajstić information content (AvgIpc) is 2.89. The van der Waals surface area contributed by atoms with Crippen molar-refractivity contribution in [2.75, 3.05) is 9.62 Å². The summed E-state index contributed by atoms with van der Waals surface area (Å²) in [5.41, 5.74) is 2.71. The summed E-state index contributed by atoms with van der Waals surface area (Å²) in [6.07, 6.45) is 0.0319. The Hall–Kier alpha value is -3.81. The lowest BCUT2D eigenvalue weighted by molar-refractivity contribution is 0.102. The molecule has 0 aliphatic rings. The lowest BCUT2D eigenvalue weighted by Gasteiger charge is -2.27. The lowest BCUT2D eigenvalue weighted by Crippen LogP contribution is -2.32. The van der Waals surface area contributed by atoms with Crippen molar-refractivity contribution in [3.63, 3.8) is 0 Å². The third kappa shape index (κ3) is 6.54. The van der Waals surface area contributed by atoms with E-state index in [0.717, 1.165) is 11.1 Å². The number of ether oxygens (including phenoxy) is 1. The number of para-hydroxylation sites is 1. The Labute approximate surface area is 228 Å². The first-order chi connectivity index (χ1) is 18.1. The molecule has 0 aliphatic carbocycles. The normalized spacial score (nSPS) is 11.3. The van der Waals surface area contributed by atoms with Gasteiger partial charge in [0.15, 0.2) is 0 Å². The Morgan fingerprint density at radius 1 is 0.895 bits per heavy atom. The molecule has 4 aromatic rings. The second-order valence-electron chi connectivity index (χ2n) is 9.11. The zero-order valence-corrected chi connectivity index (χ0v) is 23.0. The summed E-state index contributed by atoms with van der Waals surface area (Å²) in [6, 6.07) is 27.3. The Bertz CT molecular complexity index is 1500. The van der Waals surface area contributed by atoms with Crippen molar-refractivity contribution in [2.24, 2.45) is 0 Å². The number of sulfonamides is 1. The van der Waals surface area contributed by atoms with Gasteiger partial charge in [-0.2, -0.15) is 0 Å². The van der Waals surface area contributed by atoms with Crippen LogP contribution in [-0.4, -0.2) is 20.4 Å². The van der Waals surface area contributed by atoms with Crippen molar-refractivity contribution in [3.05, 3.63) is 119 Å². The van der Waals surface area contributed by atoms with E-state index in [1.165, 1.54) is 4.31 Å². The number of halogens is 1. The maximum Gasteiger partial charge on any atom is 0.264 e. The molecule has 0 saturated carbocycles. The number of carbonyl (C=O) groups excluding carboxylic acids is 1. The Morgan fingerprint density at radius 3 is 2.16 bits per heavy atom. The third-order valence-corrected chi connectivity index (χ3v) is 7.78. The van der Waals surface area contributed by atoms with Crippen LogP contribution < -0.4 is 14.4 Å². The van der Waals surface area contributed by atoms with E-state index in [1.54, 1.807) is 97.1 Å². The molecule has 1 N–H and O–H groups in total. The van der Waals surface area contributed by atoms with Crippen molar-refractivity contribution in [3.8, 4) is 5.75 Å². The molecule has 0 fully saturated rings. The molecule has 0 spiro atoms. The molecule has 4 rings (SSSR count). The van der Waals surface area contributed by atoms with E-state index in [0.29, 0.717) is 16.5 Å². The minimum Gasteiger partial charge on any atom is -0.491 e. The number of carbonyl (C=O) groups is 1. The highest BCUT2D eigenvalue weighted by Crippen LogP contribution is 2.30. The van der Waals surface area contributed by atoms with Crippen LogP contribution in [0.25, 0.3) is 0 Å². The fourth-order valence-corrected chi connectivity index (χ4v) is 5.46. The molecular weight excluding hydrogens is 520 g/mol. The Morgan fingerprint density at radius 2 is 1.53 bits per heavy atom. The summed E-state index contributed by atoms with van der Waals surface area (Å²) in [6.45, 7) is 5.78. The van der Waals surface area contributed by atoms with Crippen molar-refractivity contribution in [2.45, 2.75) is 38.3 Å². The molecule has 6 nitrogen and oxygen atoms in total. The van der Waals surface area contributed by atoms with Gasteiger partial charge in [-0.05, 0) is 87.0 Å². The smallest absolute Gasteiger partial charge is 0.264 e. The second kappa shape index (κ2) is 11.7. The van der Waals surface area contributed by atoms with Gasteiger partial charge in [0.05, 0.1) is 28.8 Å². The first-order valence-electron chi connectivity index (χ1n) is 12.1. The molecule has 38 heavy (non-hydrogen) atoms. The van der Waals surface area contributed by atoms with E-state index in [4.69, 9.17) is 16.3 Å². The van der Waals surface area contributed by atoms with Crippen LogP contribution in [0, 0.1) is 6.92 Å². The fraction of sp³-hybridized carbons (Fsp3) is 0.167. The van der Waals surface area contributed by atoms with Crippen LogP contribution in [0.4, 0.5) is 11.4 Å². The molecule has 1 amide bonds. The molecule has 0 bridgehead atoms. The molecule has 0 aliphatic heterocycles. The third-order valence-electron chi connectivity index (χ3n) is 5.75. The number of amides is 1. The highest BCUT2D eigenvalue weighted by molar-refractivity contribution is 7.92. The largest absolute Gasteiger partial charge is 0.491 e. The molecule has 0 heterocycles. The highest BCUT2D eigenvalue weighted by atomic mass is 35.5. The predicted octanol–water partition coefficient (Wildman–Crippen LogP) is 7.08. The second-order valence-corrected chi connectivity index (χ2v) is 11.4. The van der Waals surface area contributed by atoms with Gasteiger partial charge in [0.1, 0.15) is 5.75 Å². The summed E-state index contributed by atoms with van der Waals surface area (Å²) in [5.74, 6) is 0.259. The number of nitrogens with one attached hydrogen (secondary N) is 1. The van der Waals surface area contributed by atoms with E-state index in [1.807, 2.05) is 20.8 Å². The standard InChI is InChI=1S/C30H29ClN2O4S/c1-21(2)37-26-16-14-25(15-17-26)32-30(34)28-6-4-5-7-29(28)33(20-23-10-12-24(31)13-11-23)38(35,36)27-18-8-22(3)9-19-27/h4-19,21H,20H2,1-3H3,(H,32,34). The molecule has 0 atom stereocenters. The first kappa shape index (κ1) is 27.2. The van der Waals surface area contributed by atoms with Gasteiger partial charge in [0.25, 0.3) is 15.9 Å². The van der Waals surface area contributed by atoms with Gasteiger partial charge in [0, 0.05) is 10.7 Å². The van der Waals surface area contributed by atoms with Crippen LogP contribution >= 0.6 is 11.6 Å². The summed E-state index contributed by atoms with van der Waals surface area (Å²) < 4.78 is 34.8. The topological polar surface area (TPSA) is 75.7 Å². The molecular formula is C30H29ClN2O4S. The predicted molar refractivity (Wildman–Crippen MR) is 153 cm³/mol. The van der Waals surface area contributed by atoms with Crippen LogP contribution in [0.15, 0.2) is 102 Å². The van der Waals surface area contributed by atoms with Crippen molar-refractivity contribution < 1.29 is 17.9 Å². The SMILES string of the molecule is Cc1ccc(S(=O)(=O)N(Cc2ccc(Cl)cc2)c2ccccc2C(=O)Nc2ccc(OC(C)C)cc2)cc1. The fourth-order valence-electron chi connectivity index (χ4n) is 3.86. The summed E-state index contributed by atoms with van der Waals surface area (Å²) in [5, 5.41) is 3.42. The van der Waals surface area contributed by atoms with Crippen molar-refractivity contribution in [1.82, 2.24) is 0 Å². The van der Waals surface area contributed by atoms with Gasteiger partial charge >= 0.3 is 0 Å². The van der Waals surface area contributed by atoms with Crippen LogP contribution in [0.5, 0.6) is 5.75 Å². The van der Waals surface area contributed by atoms with Crippen LogP contribution in [-0.2, 0) is 16.6 Å². The molecule has 0 radical (unpaired) electrons. The van der Waals surface area contributed by atoms with Gasteiger partial charge in [-0.15, -0.1) is 0 Å². The van der Waals surface area contributed by atoms with Gasteiger partial charge in [-0.1, -0.05) is 53.6 Å². The number of hydrogen-bond donors (Lipinski definition) is 1. The number of anilines is 2. The maximum atomic E-state index is 13.9. The van der Waals surface area contributed by atoms with Crippen LogP contribution in [0.1, 0.15) is 35.3 Å². The summed E-state index contributed by atoms with van der Waals surface area (Å²) >= 11 is 6.05. The molecule has 4 aromatic carbocycles. The van der Waals surface area contributed by atoms with Crippen molar-refractivity contribution in [1.29, 1.82) is 0 Å².